The lowest BCUT2D eigenvalue weighted by Gasteiger charge is -2.26. The summed E-state index contributed by atoms with van der Waals surface area (Å²) in [6.45, 7) is -2.26. The molecule has 0 aliphatic carbocycles. The molecule has 0 atom stereocenters. The van der Waals surface area contributed by atoms with Gasteiger partial charge in [0, 0.05) is 18.8 Å². The lowest BCUT2D eigenvalue weighted by Crippen LogP contribution is -2.40. The van der Waals surface area contributed by atoms with Gasteiger partial charge in [0.05, 0.1) is 18.1 Å². The van der Waals surface area contributed by atoms with E-state index in [4.69, 9.17) is 9.57 Å². The van der Waals surface area contributed by atoms with Crippen LogP contribution in [-0.2, 0) is 19.6 Å². The summed E-state index contributed by atoms with van der Waals surface area (Å²) in [5.74, 6) is -0.602. The number of fused-ring (bicyclic) bond motifs is 1. The fraction of sp³-hybridized carbons (Fsp3) is 0.316. The van der Waals surface area contributed by atoms with Crippen LogP contribution < -0.4 is 14.9 Å². The smallest absolute Gasteiger partial charge is 0.387 e. The van der Waals surface area contributed by atoms with Gasteiger partial charge in [0.15, 0.2) is 6.61 Å². The third-order valence-electron chi connectivity index (χ3n) is 4.68. The number of halogens is 2. The molecule has 1 aliphatic heterocycles. The maximum absolute atomic E-state index is 12.9. The molecule has 0 unspecified atom stereocenters. The summed E-state index contributed by atoms with van der Waals surface area (Å²) in [4.78, 5) is 18.5. The van der Waals surface area contributed by atoms with Crippen LogP contribution >= 0.6 is 0 Å². The van der Waals surface area contributed by atoms with Gasteiger partial charge in [0.1, 0.15) is 16.8 Å². The zero-order valence-electron chi connectivity index (χ0n) is 17.1. The third-order valence-corrected chi connectivity index (χ3v) is 6.57. The Bertz CT molecular complexity index is 1230. The van der Waals surface area contributed by atoms with Crippen LogP contribution in [0.15, 0.2) is 47.4 Å². The quantitative estimate of drug-likeness (QED) is 0.506. The molecule has 2 aromatic carbocycles. The van der Waals surface area contributed by atoms with Crippen LogP contribution in [0, 0.1) is 0 Å². The van der Waals surface area contributed by atoms with E-state index in [0.717, 1.165) is 4.85 Å². The largest absolute Gasteiger partial charge is 0.435 e. The number of anilines is 1. The molecule has 4 rings (SSSR count). The Labute approximate surface area is 186 Å². The molecule has 1 amide bonds. The van der Waals surface area contributed by atoms with Gasteiger partial charge < -0.3 is 19.6 Å². The van der Waals surface area contributed by atoms with Gasteiger partial charge in [-0.1, -0.05) is 4.85 Å². The molecule has 0 bridgehead atoms. The number of carbonyl (C=O) groups excluding carboxylic acids is 1. The molecule has 0 radical (unpaired) electrons. The molecular formula is C19H19F2N5O6S. The zero-order chi connectivity index (χ0) is 23.4. The Hall–Kier alpha value is -3.36. The first kappa shape index (κ1) is 22.8. The van der Waals surface area contributed by atoms with Crippen LogP contribution in [-0.4, -0.2) is 73.3 Å². The summed E-state index contributed by atoms with van der Waals surface area (Å²) >= 11 is 0. The Balaban J connectivity index is 1.42. The van der Waals surface area contributed by atoms with Crippen LogP contribution in [0.4, 0.5) is 14.5 Å². The van der Waals surface area contributed by atoms with Gasteiger partial charge in [0.25, 0.3) is 5.91 Å². The Kier molecular flexibility index (Phi) is 6.67. The highest BCUT2D eigenvalue weighted by Crippen LogP contribution is 2.21. The maximum Gasteiger partial charge on any atom is 0.387 e. The Morgan fingerprint density at radius 1 is 1.15 bits per heavy atom. The number of hydrogen-bond donors (Lipinski definition) is 1. The highest BCUT2D eigenvalue weighted by Gasteiger charge is 2.27. The molecule has 33 heavy (non-hydrogen) atoms. The van der Waals surface area contributed by atoms with E-state index < -0.39 is 29.1 Å². The topological polar surface area (TPSA) is 125 Å². The van der Waals surface area contributed by atoms with Gasteiger partial charge in [0.2, 0.25) is 10.0 Å². The predicted octanol–water partition coefficient (Wildman–Crippen LogP) is 1.12. The lowest BCUT2D eigenvalue weighted by atomic mass is 10.3. The van der Waals surface area contributed by atoms with Crippen molar-refractivity contribution in [3.8, 4) is 5.75 Å². The van der Waals surface area contributed by atoms with E-state index in [0.29, 0.717) is 24.4 Å². The number of sulfonamides is 1. The third kappa shape index (κ3) is 5.35. The number of ether oxygens (including phenoxy) is 2. The van der Waals surface area contributed by atoms with Gasteiger partial charge in [-0.05, 0) is 47.7 Å². The second-order valence-corrected chi connectivity index (χ2v) is 8.79. The molecule has 1 aliphatic rings. The van der Waals surface area contributed by atoms with Crippen molar-refractivity contribution in [2.45, 2.75) is 11.5 Å². The van der Waals surface area contributed by atoms with Crippen LogP contribution in [0.1, 0.15) is 0 Å². The van der Waals surface area contributed by atoms with E-state index in [1.54, 1.807) is 0 Å². The maximum atomic E-state index is 12.9. The second kappa shape index (κ2) is 9.64. The minimum Gasteiger partial charge on any atom is -0.435 e. The number of nitrogens with zero attached hydrogens (tertiary/aromatic N) is 4. The number of benzene rings is 2. The normalized spacial score (nSPS) is 15.0. The minimum atomic E-state index is -3.74. The molecule has 1 N–H and O–H groups in total. The Morgan fingerprint density at radius 2 is 1.88 bits per heavy atom. The average Bonchev–Trinajstić information content (AvgIpc) is 3.21. The van der Waals surface area contributed by atoms with Crippen molar-refractivity contribution in [3.05, 3.63) is 42.5 Å². The van der Waals surface area contributed by atoms with Gasteiger partial charge in [-0.15, -0.1) is 5.10 Å². The number of hydrogen-bond acceptors (Lipinski definition) is 8. The minimum absolute atomic E-state index is 0.0413. The summed E-state index contributed by atoms with van der Waals surface area (Å²) in [5, 5.41) is 10.2. The highest BCUT2D eigenvalue weighted by atomic mass is 32.2. The molecule has 176 valence electrons. The molecule has 1 saturated heterocycles. The Morgan fingerprint density at radius 3 is 2.58 bits per heavy atom. The molecule has 11 nitrogen and oxygen atoms in total. The molecule has 1 aromatic heterocycles. The van der Waals surface area contributed by atoms with E-state index in [1.165, 1.54) is 46.8 Å². The van der Waals surface area contributed by atoms with Crippen LogP contribution in [0.5, 0.6) is 5.75 Å². The first-order valence-corrected chi connectivity index (χ1v) is 11.2. The van der Waals surface area contributed by atoms with Gasteiger partial charge >= 0.3 is 6.61 Å². The standard InChI is InChI=1S/C19H19F2N5O6S/c20-19(21)32-14-3-1-13(2-4-14)22-18(27)12-31-26-17-11-15(5-6-16(17)23-24-26)33(28,29)25-7-9-30-10-8-25/h1-6,11,19H,7-10,12H2,(H,22,27). The summed E-state index contributed by atoms with van der Waals surface area (Å²) in [6, 6.07) is 9.65. The molecule has 2 heterocycles. The van der Waals surface area contributed by atoms with E-state index >= 15 is 0 Å². The first-order valence-electron chi connectivity index (χ1n) is 9.74. The van der Waals surface area contributed by atoms with Crippen molar-refractivity contribution in [1.82, 2.24) is 19.5 Å². The second-order valence-electron chi connectivity index (χ2n) is 6.85. The monoisotopic (exact) mass is 483 g/mol. The zero-order valence-corrected chi connectivity index (χ0v) is 17.9. The highest BCUT2D eigenvalue weighted by molar-refractivity contribution is 7.89. The molecular weight excluding hydrogens is 464 g/mol. The van der Waals surface area contributed by atoms with Crippen molar-refractivity contribution in [2.75, 3.05) is 38.2 Å². The number of aromatic nitrogens is 3. The number of carbonyl (C=O) groups is 1. The number of morpholine rings is 1. The van der Waals surface area contributed by atoms with Gasteiger partial charge in [-0.3, -0.25) is 4.79 Å². The number of amides is 1. The van der Waals surface area contributed by atoms with Crippen molar-refractivity contribution in [3.63, 3.8) is 0 Å². The number of rotatable bonds is 8. The fourth-order valence-corrected chi connectivity index (χ4v) is 4.53. The van der Waals surface area contributed by atoms with E-state index in [-0.39, 0.29) is 29.3 Å². The van der Waals surface area contributed by atoms with Crippen molar-refractivity contribution in [1.29, 1.82) is 0 Å². The predicted molar refractivity (Wildman–Crippen MR) is 110 cm³/mol. The number of alkyl halides is 2. The molecule has 3 aromatic rings. The van der Waals surface area contributed by atoms with Crippen molar-refractivity contribution < 1.29 is 36.3 Å². The molecule has 1 fully saturated rings. The van der Waals surface area contributed by atoms with Gasteiger partial charge in [-0.2, -0.15) is 13.1 Å². The summed E-state index contributed by atoms with van der Waals surface area (Å²) in [5.41, 5.74) is 0.990. The fourth-order valence-electron chi connectivity index (χ4n) is 3.11. The van der Waals surface area contributed by atoms with E-state index in [2.05, 4.69) is 20.4 Å². The van der Waals surface area contributed by atoms with Crippen LogP contribution in [0.25, 0.3) is 11.0 Å². The summed E-state index contributed by atoms with van der Waals surface area (Å²) in [6.07, 6.45) is 0. The van der Waals surface area contributed by atoms with Crippen molar-refractivity contribution in [2.24, 2.45) is 0 Å². The average molecular weight is 483 g/mol. The van der Waals surface area contributed by atoms with Crippen molar-refractivity contribution >= 4 is 32.7 Å². The molecule has 14 heteroatoms. The molecule has 0 saturated carbocycles. The lowest BCUT2D eigenvalue weighted by molar-refractivity contribution is -0.121. The SMILES string of the molecule is O=C(COn1nnc2ccc(S(=O)(=O)N3CCOCC3)cc21)Nc1ccc(OC(F)F)cc1. The van der Waals surface area contributed by atoms with Crippen LogP contribution in [0.2, 0.25) is 0 Å². The van der Waals surface area contributed by atoms with E-state index in [9.17, 15) is 22.0 Å². The van der Waals surface area contributed by atoms with E-state index in [1.807, 2.05) is 0 Å². The van der Waals surface area contributed by atoms with Crippen LogP contribution in [0.3, 0.4) is 0 Å². The van der Waals surface area contributed by atoms with Gasteiger partial charge in [-0.25, -0.2) is 8.42 Å². The molecule has 0 spiro atoms. The first-order chi connectivity index (χ1) is 15.8. The number of nitrogens with one attached hydrogen (secondary N) is 1. The summed E-state index contributed by atoms with van der Waals surface area (Å²) in [7, 11) is -3.74. The summed E-state index contributed by atoms with van der Waals surface area (Å²) < 4.78 is 60.9.